The van der Waals surface area contributed by atoms with Crippen LogP contribution in [0.4, 0.5) is 49.4 Å². The van der Waals surface area contributed by atoms with Crippen LogP contribution in [0.15, 0.2) is 84.9 Å². The highest BCUT2D eigenvalue weighted by Crippen LogP contribution is 2.38. The van der Waals surface area contributed by atoms with E-state index in [1.807, 2.05) is 0 Å². The number of amides is 2. The van der Waals surface area contributed by atoms with Crippen LogP contribution in [0.1, 0.15) is 78.1 Å². The molecular weight excluding hydrogens is 1380 g/mol. The number of aliphatic carboxylic acids is 1. The molecule has 0 aliphatic carbocycles. The van der Waals surface area contributed by atoms with Crippen molar-refractivity contribution < 1.29 is 79.1 Å². The lowest BCUT2D eigenvalue weighted by molar-refractivity contribution is -0.144. The fourth-order valence-corrected chi connectivity index (χ4v) is 12.7. The summed E-state index contributed by atoms with van der Waals surface area (Å²) in [6.07, 6.45) is 1.79. The van der Waals surface area contributed by atoms with E-state index in [0.717, 1.165) is 43.8 Å². The molecule has 0 bridgehead atoms. The van der Waals surface area contributed by atoms with E-state index in [1.165, 1.54) is 88.6 Å². The number of piperidine rings is 3. The van der Waals surface area contributed by atoms with Crippen molar-refractivity contribution in [2.24, 2.45) is 17.8 Å². The largest absolute Gasteiger partial charge is 0.481 e. The predicted octanol–water partition coefficient (Wildman–Crippen LogP) is 12.3. The van der Waals surface area contributed by atoms with Gasteiger partial charge in [0.15, 0.2) is 22.7 Å². The molecule has 3 aliphatic rings. The molecule has 0 radical (unpaired) electrons. The van der Waals surface area contributed by atoms with Crippen LogP contribution in [0.5, 0.6) is 0 Å². The summed E-state index contributed by atoms with van der Waals surface area (Å²) in [4.78, 5) is 76.5. The van der Waals surface area contributed by atoms with Crippen molar-refractivity contribution in [3.63, 3.8) is 0 Å². The number of carbonyl (C=O) groups excluding carboxylic acids is 4. The number of carboxylic acids is 1. The van der Waals surface area contributed by atoms with Crippen molar-refractivity contribution in [1.29, 1.82) is 0 Å². The molecule has 22 nitrogen and oxygen atoms in total. The van der Waals surface area contributed by atoms with Crippen molar-refractivity contribution in [1.82, 2.24) is 44.3 Å². The average Bonchev–Trinajstić information content (AvgIpc) is 1.55. The monoisotopic (exact) mass is 1460 g/mol. The molecule has 11 rings (SSSR count). The van der Waals surface area contributed by atoms with E-state index in [9.17, 15) is 46.6 Å². The number of hydrogen-bond donors (Lipinski definition) is 2. The number of halogens is 9. The van der Waals surface area contributed by atoms with Crippen LogP contribution >= 0.6 is 35.6 Å². The van der Waals surface area contributed by atoms with E-state index < -0.39 is 68.8 Å². The van der Waals surface area contributed by atoms with Gasteiger partial charge in [0.05, 0.1) is 74.6 Å². The number of nitrogens with zero attached hydrogens (tertiary/aromatic N) is 10. The van der Waals surface area contributed by atoms with Gasteiger partial charge in [0.2, 0.25) is 0 Å². The van der Waals surface area contributed by atoms with E-state index in [1.54, 1.807) is 64.2 Å². The summed E-state index contributed by atoms with van der Waals surface area (Å²) in [6, 6.07) is 19.3. The van der Waals surface area contributed by atoms with Gasteiger partial charge in [-0.3, -0.25) is 24.0 Å². The van der Waals surface area contributed by atoms with Gasteiger partial charge in [0.1, 0.15) is 56.6 Å². The number of esters is 2. The summed E-state index contributed by atoms with van der Waals surface area (Å²) in [5.41, 5.74) is 2.62. The smallest absolute Gasteiger partial charge is 0.305 e. The molecule has 3 aliphatic heterocycles. The first-order valence-corrected chi connectivity index (χ1v) is 31.9. The third-order valence-electron chi connectivity index (χ3n) is 17.7. The Balaban J connectivity index is 0.000000234. The molecule has 31 heteroatoms. The second-order valence-corrected chi connectivity index (χ2v) is 24.6. The third-order valence-corrected chi connectivity index (χ3v) is 18.5. The topological polar surface area (TPSA) is 237 Å². The standard InChI is InChI=1S/C30H29ClF3N5O4.C29H27ClF3N5O4.C9H17NO3.CH4.ClH/c1-16-6-5-7-19(32)29(16)37(2)26-14-22(18-10-20(33)28(31)21(34)11-18)35-25-13-23(36-39(25)26)30(41)38-9-8-17(12-27(40)43-4)24(15-38)42-3;1-15-5-4-6-18(31)28(15)36(2)25-13-21(17-9-19(32)27(30)20(33)10-17)34-24-12-22(35-38(24)25)29(41)37-8-7-16(11-26(39)40)23(14-37)42-3;1-12-8-6-10-4-3-7(8)5-9(11)13-2;;/h5-7,10-11,13-14,17,24H,8-9,12,15H2,1-4H3;4-6,9-10,12-13,16,23H,7-8,11,14H2,1-3H3,(H,39,40);7-8,10H,3-6H2,1-2H3;1H4;1H/t17-,24-;16-,23-;7-,8-;;/m000../s1. The van der Waals surface area contributed by atoms with Crippen molar-refractivity contribution in [3.8, 4) is 22.5 Å². The quantitative estimate of drug-likeness (QED) is 0.0489. The molecule has 3 fully saturated rings. The van der Waals surface area contributed by atoms with E-state index in [4.69, 9.17) is 42.1 Å². The highest BCUT2D eigenvalue weighted by atomic mass is 35.5. The van der Waals surface area contributed by atoms with Crippen LogP contribution in [0.25, 0.3) is 33.8 Å². The maximum absolute atomic E-state index is 15.0. The zero-order valence-corrected chi connectivity index (χ0v) is 57.8. The number of aromatic nitrogens is 6. The van der Waals surface area contributed by atoms with Crippen LogP contribution in [0.3, 0.4) is 0 Å². The normalized spacial score (nSPS) is 18.1. The Labute approximate surface area is 589 Å². The summed E-state index contributed by atoms with van der Waals surface area (Å²) in [6.45, 7) is 6.33. The summed E-state index contributed by atoms with van der Waals surface area (Å²) in [5, 5.41) is 20.2. The van der Waals surface area contributed by atoms with Gasteiger partial charge in [-0.05, 0) is 105 Å². The summed E-state index contributed by atoms with van der Waals surface area (Å²) in [7, 11) is 10.6. The third kappa shape index (κ3) is 17.7. The number of methoxy groups -OCH3 is 5. The number of fused-ring (bicyclic) bond motifs is 2. The number of nitrogens with one attached hydrogen (secondary N) is 1. The van der Waals surface area contributed by atoms with Crippen LogP contribution in [-0.4, -0.2) is 181 Å². The fraction of sp³-hybridized carbons (Fsp3) is 0.406. The minimum Gasteiger partial charge on any atom is -0.481 e. The minimum absolute atomic E-state index is 0. The highest BCUT2D eigenvalue weighted by Gasteiger charge is 2.37. The first kappa shape index (κ1) is 78.7. The Morgan fingerprint density at radius 3 is 1.30 bits per heavy atom. The van der Waals surface area contributed by atoms with E-state index in [0.29, 0.717) is 49.4 Å². The lowest BCUT2D eigenvalue weighted by Crippen LogP contribution is -2.48. The lowest BCUT2D eigenvalue weighted by Gasteiger charge is -2.37. The molecule has 3 saturated heterocycles. The zero-order valence-electron chi connectivity index (χ0n) is 55.5. The molecule has 0 saturated carbocycles. The predicted molar refractivity (Wildman–Crippen MR) is 366 cm³/mol. The van der Waals surface area contributed by atoms with Crippen molar-refractivity contribution in [2.45, 2.75) is 78.1 Å². The number of aryl methyl sites for hydroxylation is 2. The van der Waals surface area contributed by atoms with Crippen molar-refractivity contribution >= 4 is 99.6 Å². The molecule has 7 heterocycles. The number of carboxylic acid groups (broad SMARTS) is 1. The molecule has 100 heavy (non-hydrogen) atoms. The average molecular weight is 1460 g/mol. The fourth-order valence-electron chi connectivity index (χ4n) is 12.5. The number of para-hydroxylation sites is 2. The van der Waals surface area contributed by atoms with E-state index in [-0.39, 0.29) is 150 Å². The van der Waals surface area contributed by atoms with Gasteiger partial charge >= 0.3 is 17.9 Å². The van der Waals surface area contributed by atoms with Gasteiger partial charge < -0.3 is 53.7 Å². The Kier molecular flexibility index (Phi) is 27.2. The Hall–Kier alpha value is -8.64. The van der Waals surface area contributed by atoms with E-state index >= 15 is 8.78 Å². The SMILES string of the molecule is C.COC(=O)C[C@@H]1CCN(C(=O)c2cc3nc(-c4cc(F)c(Cl)c(F)c4)cc(N(C)c4c(C)cccc4F)n3n2)C[C@@H]1OC.COC(=O)C[C@@H]1CCNC[C@@H]1OC.CO[C@H]1CN(C(=O)c2cc3nc(-c4cc(F)c(Cl)c(F)c4)cc(N(C)c4c(C)cccc4F)n3n2)CC[C@H]1CC(=O)O.Cl. The number of benzene rings is 4. The number of hydrogen-bond acceptors (Lipinski definition) is 17. The number of carbonyl (C=O) groups is 5. The zero-order chi connectivity index (χ0) is 71.0. The maximum Gasteiger partial charge on any atom is 0.305 e. The summed E-state index contributed by atoms with van der Waals surface area (Å²) < 4.78 is 116. The highest BCUT2D eigenvalue weighted by molar-refractivity contribution is 6.31. The molecule has 0 unspecified atom stereocenters. The van der Waals surface area contributed by atoms with Crippen LogP contribution in [0, 0.1) is 66.5 Å². The molecule has 4 aromatic carbocycles. The van der Waals surface area contributed by atoms with Gasteiger partial charge in [0.25, 0.3) is 11.8 Å². The molecule has 0 spiro atoms. The number of likely N-dealkylation sites (tertiary alicyclic amines) is 2. The Morgan fingerprint density at radius 2 is 0.940 bits per heavy atom. The number of rotatable bonds is 17. The molecule has 8 aromatic rings. The first-order chi connectivity index (χ1) is 46.8. The Bertz CT molecular complexity index is 4200. The summed E-state index contributed by atoms with van der Waals surface area (Å²) >= 11 is 11.4. The van der Waals surface area contributed by atoms with E-state index in [2.05, 4.69) is 30.2 Å². The lowest BCUT2D eigenvalue weighted by atomic mass is 9.90. The van der Waals surface area contributed by atoms with Crippen molar-refractivity contribution in [3.05, 3.63) is 152 Å². The molecular formula is C69H78Cl3F6N11O11. The maximum atomic E-state index is 15.0. The van der Waals surface area contributed by atoms with Gasteiger partial charge in [0, 0.05) is 104 Å². The second kappa shape index (κ2) is 34.6. The van der Waals surface area contributed by atoms with Crippen molar-refractivity contribution in [2.75, 3.05) is 98.7 Å². The van der Waals surface area contributed by atoms with Crippen LogP contribution in [0.2, 0.25) is 10.0 Å². The molecule has 538 valence electrons. The molecule has 6 atom stereocenters. The number of anilines is 4. The van der Waals surface area contributed by atoms with Crippen LogP contribution in [-0.2, 0) is 38.1 Å². The summed E-state index contributed by atoms with van der Waals surface area (Å²) in [5.74, 6) is -6.65. The minimum atomic E-state index is -0.975. The number of ether oxygens (including phenoxy) is 5. The Morgan fingerprint density at radius 1 is 0.560 bits per heavy atom. The van der Waals surface area contributed by atoms with Gasteiger partial charge in [-0.1, -0.05) is 54.9 Å². The van der Waals surface area contributed by atoms with Gasteiger partial charge in [-0.25, -0.2) is 36.3 Å². The molecule has 2 N–H and O–H groups in total. The molecule has 2 amide bonds. The van der Waals surface area contributed by atoms with Gasteiger partial charge in [-0.2, -0.15) is 19.2 Å². The van der Waals surface area contributed by atoms with Crippen LogP contribution < -0.4 is 15.1 Å². The van der Waals surface area contributed by atoms with Gasteiger partial charge in [-0.15, -0.1) is 12.4 Å². The first-order valence-electron chi connectivity index (χ1n) is 31.1. The molecule has 4 aromatic heterocycles. The second-order valence-electron chi connectivity index (χ2n) is 23.9.